The largest absolute Gasteiger partial charge is 0.507 e. The fourth-order valence-corrected chi connectivity index (χ4v) is 1.09. The molecule has 2 nitrogen and oxygen atoms in total. The maximum absolute atomic E-state index is 12.7. The normalized spacial score (nSPS) is 10.1. The minimum Gasteiger partial charge on any atom is -0.507 e. The van der Waals surface area contributed by atoms with Gasteiger partial charge in [-0.25, -0.2) is 4.39 Å². The van der Waals surface area contributed by atoms with Gasteiger partial charge in [-0.2, -0.15) is 0 Å². The molecule has 0 unspecified atom stereocenters. The summed E-state index contributed by atoms with van der Waals surface area (Å²) < 4.78 is 13.1. The summed E-state index contributed by atoms with van der Waals surface area (Å²) in [7, 11) is 0. The number of hydrogen-bond acceptors (Lipinski definition) is 2. The number of aliphatic hydroxyl groups excluding tert-OH is 1. The van der Waals surface area contributed by atoms with Crippen LogP contribution in [-0.4, -0.2) is 10.2 Å². The third kappa shape index (κ3) is 1.70. The molecule has 1 rings (SSSR count). The molecule has 0 amide bonds. The van der Waals surface area contributed by atoms with Crippen LogP contribution in [0.5, 0.6) is 5.75 Å². The predicted molar refractivity (Wildman–Crippen MR) is 41.7 cm³/mol. The molecule has 0 fully saturated rings. The molecule has 0 aliphatic rings. The summed E-state index contributed by atoms with van der Waals surface area (Å²) in [4.78, 5) is 0. The number of phenols is 1. The zero-order chi connectivity index (χ0) is 8.43. The highest BCUT2D eigenvalue weighted by atomic mass is 79.9. The van der Waals surface area contributed by atoms with Gasteiger partial charge in [0.1, 0.15) is 11.6 Å². The lowest BCUT2D eigenvalue weighted by molar-refractivity contribution is 0.275. The Kier molecular flexibility index (Phi) is 2.46. The van der Waals surface area contributed by atoms with E-state index in [1.54, 1.807) is 0 Å². The Morgan fingerprint density at radius 1 is 1.45 bits per heavy atom. The number of halogens is 2. The number of aromatic hydroxyl groups is 1. The molecule has 1 aromatic rings. The van der Waals surface area contributed by atoms with Gasteiger partial charge in [-0.3, -0.25) is 0 Å². The lowest BCUT2D eigenvalue weighted by Gasteiger charge is -2.01. The third-order valence-corrected chi connectivity index (χ3v) is 1.92. The summed E-state index contributed by atoms with van der Waals surface area (Å²) in [6, 6.07) is 2.29. The van der Waals surface area contributed by atoms with Crippen LogP contribution in [0.2, 0.25) is 0 Å². The summed E-state index contributed by atoms with van der Waals surface area (Å²) in [6.07, 6.45) is 0. The average Bonchev–Trinajstić information content (AvgIpc) is 1.97. The van der Waals surface area contributed by atoms with Crippen LogP contribution in [0.1, 0.15) is 5.56 Å². The Labute approximate surface area is 71.4 Å². The Morgan fingerprint density at radius 2 is 2.09 bits per heavy atom. The number of hydrogen-bond donors (Lipinski definition) is 2. The van der Waals surface area contributed by atoms with Crippen molar-refractivity contribution in [3.05, 3.63) is 28.0 Å². The van der Waals surface area contributed by atoms with E-state index in [1.807, 2.05) is 0 Å². The van der Waals surface area contributed by atoms with E-state index < -0.39 is 5.82 Å². The third-order valence-electron chi connectivity index (χ3n) is 1.29. The lowest BCUT2D eigenvalue weighted by Crippen LogP contribution is -1.89. The van der Waals surface area contributed by atoms with Gasteiger partial charge >= 0.3 is 0 Å². The van der Waals surface area contributed by atoms with E-state index in [0.717, 1.165) is 6.07 Å². The molecule has 0 aromatic heterocycles. The van der Waals surface area contributed by atoms with Crippen LogP contribution >= 0.6 is 15.9 Å². The number of rotatable bonds is 1. The van der Waals surface area contributed by atoms with Crippen LogP contribution < -0.4 is 0 Å². The summed E-state index contributed by atoms with van der Waals surface area (Å²) >= 11 is 2.99. The summed E-state index contributed by atoms with van der Waals surface area (Å²) in [6.45, 7) is -0.370. The molecule has 0 radical (unpaired) electrons. The second-order valence-corrected chi connectivity index (χ2v) is 2.91. The maximum atomic E-state index is 12.7. The maximum Gasteiger partial charge on any atom is 0.132 e. The highest BCUT2D eigenvalue weighted by molar-refractivity contribution is 9.10. The SMILES string of the molecule is OCc1cc(Br)c(O)cc1F. The molecule has 0 atom stereocenters. The van der Waals surface area contributed by atoms with Crippen LogP contribution in [-0.2, 0) is 6.61 Å². The molecule has 4 heteroatoms. The van der Waals surface area contributed by atoms with E-state index in [4.69, 9.17) is 10.2 Å². The highest BCUT2D eigenvalue weighted by Gasteiger charge is 2.05. The van der Waals surface area contributed by atoms with Crippen molar-refractivity contribution in [2.24, 2.45) is 0 Å². The topological polar surface area (TPSA) is 40.5 Å². The smallest absolute Gasteiger partial charge is 0.132 e. The van der Waals surface area contributed by atoms with Gasteiger partial charge in [0.15, 0.2) is 0 Å². The first kappa shape index (κ1) is 8.49. The molecule has 0 heterocycles. The van der Waals surface area contributed by atoms with E-state index in [1.165, 1.54) is 6.07 Å². The molecular formula is C7H6BrFO2. The number of phenolic OH excluding ortho intramolecular Hbond substituents is 1. The fraction of sp³-hybridized carbons (Fsp3) is 0.143. The molecule has 0 bridgehead atoms. The second-order valence-electron chi connectivity index (χ2n) is 2.05. The first-order valence-electron chi connectivity index (χ1n) is 2.93. The van der Waals surface area contributed by atoms with Gasteiger partial charge in [-0.1, -0.05) is 0 Å². The van der Waals surface area contributed by atoms with Crippen LogP contribution in [0, 0.1) is 5.82 Å². The molecule has 0 aliphatic carbocycles. The quantitative estimate of drug-likeness (QED) is 0.758. The lowest BCUT2D eigenvalue weighted by atomic mass is 10.2. The van der Waals surface area contributed by atoms with E-state index in [0.29, 0.717) is 4.47 Å². The van der Waals surface area contributed by atoms with Gasteiger partial charge in [0.2, 0.25) is 0 Å². The second kappa shape index (κ2) is 3.19. The molecule has 0 saturated heterocycles. The van der Waals surface area contributed by atoms with Crippen molar-refractivity contribution in [1.82, 2.24) is 0 Å². The Hall–Kier alpha value is -0.610. The van der Waals surface area contributed by atoms with Gasteiger partial charge in [0.25, 0.3) is 0 Å². The van der Waals surface area contributed by atoms with E-state index >= 15 is 0 Å². The van der Waals surface area contributed by atoms with Gasteiger partial charge in [-0.15, -0.1) is 0 Å². The molecular weight excluding hydrogens is 215 g/mol. The van der Waals surface area contributed by atoms with Crippen molar-refractivity contribution in [1.29, 1.82) is 0 Å². The van der Waals surface area contributed by atoms with Gasteiger partial charge in [-0.05, 0) is 22.0 Å². The van der Waals surface area contributed by atoms with Crippen molar-refractivity contribution < 1.29 is 14.6 Å². The van der Waals surface area contributed by atoms with E-state index in [2.05, 4.69) is 15.9 Å². The van der Waals surface area contributed by atoms with Gasteiger partial charge in [0, 0.05) is 11.6 Å². The molecule has 11 heavy (non-hydrogen) atoms. The minimum atomic E-state index is -0.604. The van der Waals surface area contributed by atoms with Crippen LogP contribution in [0.15, 0.2) is 16.6 Å². The van der Waals surface area contributed by atoms with Gasteiger partial charge < -0.3 is 10.2 Å². The standard InChI is InChI=1S/C7H6BrFO2/c8-5-1-4(3-10)6(9)2-7(5)11/h1-2,10-11H,3H2. The Balaban J connectivity index is 3.21. The summed E-state index contributed by atoms with van der Waals surface area (Å²) in [5.41, 5.74) is 0.162. The molecule has 2 N–H and O–H groups in total. The van der Waals surface area contributed by atoms with Crippen molar-refractivity contribution in [3.63, 3.8) is 0 Å². The molecule has 0 spiro atoms. The highest BCUT2D eigenvalue weighted by Crippen LogP contribution is 2.26. The fourth-order valence-electron chi connectivity index (χ4n) is 0.699. The van der Waals surface area contributed by atoms with Crippen molar-refractivity contribution in [2.75, 3.05) is 0 Å². The monoisotopic (exact) mass is 220 g/mol. The molecule has 60 valence electrons. The Bertz CT molecular complexity index is 275. The van der Waals surface area contributed by atoms with Gasteiger partial charge in [0.05, 0.1) is 11.1 Å². The first-order chi connectivity index (χ1) is 5.15. The van der Waals surface area contributed by atoms with E-state index in [9.17, 15) is 4.39 Å². The first-order valence-corrected chi connectivity index (χ1v) is 3.72. The zero-order valence-electron chi connectivity index (χ0n) is 5.51. The van der Waals surface area contributed by atoms with Crippen molar-refractivity contribution >= 4 is 15.9 Å². The minimum absolute atomic E-state index is 0.162. The Morgan fingerprint density at radius 3 is 2.64 bits per heavy atom. The summed E-state index contributed by atoms with van der Waals surface area (Å²) in [5, 5.41) is 17.5. The average molecular weight is 221 g/mol. The molecule has 0 saturated carbocycles. The zero-order valence-corrected chi connectivity index (χ0v) is 7.10. The van der Waals surface area contributed by atoms with E-state index in [-0.39, 0.29) is 17.9 Å². The van der Waals surface area contributed by atoms with Crippen LogP contribution in [0.4, 0.5) is 4.39 Å². The number of aliphatic hydroxyl groups is 1. The van der Waals surface area contributed by atoms with Crippen molar-refractivity contribution in [3.8, 4) is 5.75 Å². The molecule has 1 aromatic carbocycles. The van der Waals surface area contributed by atoms with Crippen LogP contribution in [0.25, 0.3) is 0 Å². The van der Waals surface area contributed by atoms with Crippen molar-refractivity contribution in [2.45, 2.75) is 6.61 Å². The summed E-state index contributed by atoms with van der Waals surface area (Å²) in [5.74, 6) is -0.770. The molecule has 0 aliphatic heterocycles. The predicted octanol–water partition coefficient (Wildman–Crippen LogP) is 1.79. The number of benzene rings is 1. The van der Waals surface area contributed by atoms with Crippen LogP contribution in [0.3, 0.4) is 0 Å².